The van der Waals surface area contributed by atoms with Gasteiger partial charge in [-0.15, -0.1) is 0 Å². The van der Waals surface area contributed by atoms with E-state index in [4.69, 9.17) is 0 Å². The summed E-state index contributed by atoms with van der Waals surface area (Å²) in [4.78, 5) is 58.4. The number of carbonyl (C=O) groups excluding carboxylic acids is 4. The summed E-state index contributed by atoms with van der Waals surface area (Å²) in [5, 5.41) is 11.4. The Balaban J connectivity index is 1.12. The minimum Gasteiger partial charge on any atom is -0.333 e. The predicted molar refractivity (Wildman–Crippen MR) is 210 cm³/mol. The van der Waals surface area contributed by atoms with Crippen LogP contribution in [0.3, 0.4) is 0 Å². The number of carbonyl (C=O) groups is 4. The van der Waals surface area contributed by atoms with Gasteiger partial charge in [0, 0.05) is 38.2 Å². The highest BCUT2D eigenvalue weighted by molar-refractivity contribution is 5.93. The molecule has 5 aromatic rings. The molecule has 5 amide bonds. The van der Waals surface area contributed by atoms with Crippen LogP contribution in [0, 0.1) is 5.82 Å². The molecule has 282 valence electrons. The second-order valence-corrected chi connectivity index (χ2v) is 14.1. The first-order valence-electron chi connectivity index (χ1n) is 18.8. The Hall–Kier alpha value is -6.07. The van der Waals surface area contributed by atoms with Gasteiger partial charge in [0.05, 0.1) is 13.1 Å². The van der Waals surface area contributed by atoms with Crippen molar-refractivity contribution >= 4 is 40.2 Å². The highest BCUT2D eigenvalue weighted by Crippen LogP contribution is 2.31. The summed E-state index contributed by atoms with van der Waals surface area (Å²) in [6, 6.07) is 36.1. The molecule has 2 fully saturated rings. The van der Waals surface area contributed by atoms with E-state index in [1.807, 2.05) is 104 Å². The third kappa shape index (κ3) is 8.68. The number of urea groups is 1. The number of nitrogens with one attached hydrogen (secondary N) is 2. The van der Waals surface area contributed by atoms with E-state index in [0.717, 1.165) is 33.0 Å². The van der Waals surface area contributed by atoms with E-state index in [1.54, 1.807) is 32.0 Å². The van der Waals surface area contributed by atoms with Crippen LogP contribution in [0.1, 0.15) is 42.0 Å². The molecule has 5 aromatic carbocycles. The number of halogens is 1. The molecule has 0 saturated carbocycles. The lowest BCUT2D eigenvalue weighted by Gasteiger charge is -2.46. The van der Waals surface area contributed by atoms with Gasteiger partial charge in [-0.1, -0.05) is 104 Å². The maximum atomic E-state index is 14.5. The zero-order chi connectivity index (χ0) is 38.3. The van der Waals surface area contributed by atoms with Crippen molar-refractivity contribution in [3.8, 4) is 0 Å². The molecule has 0 spiro atoms. The van der Waals surface area contributed by atoms with E-state index >= 15 is 0 Å². The van der Waals surface area contributed by atoms with Gasteiger partial charge in [0.2, 0.25) is 17.7 Å². The fraction of sp³-hybridized carbons (Fsp3) is 0.273. The minimum atomic E-state index is -0.816. The Kier molecular flexibility index (Phi) is 11.5. The van der Waals surface area contributed by atoms with E-state index in [2.05, 4.69) is 10.6 Å². The Morgan fingerprint density at radius 1 is 0.818 bits per heavy atom. The number of rotatable bonds is 13. The summed E-state index contributed by atoms with van der Waals surface area (Å²) in [5.41, 5.74) is 4.31. The topological polar surface area (TPSA) is 105 Å². The molecule has 0 aromatic heterocycles. The molecule has 0 aliphatic carbocycles. The molecule has 2 atom stereocenters. The van der Waals surface area contributed by atoms with Crippen molar-refractivity contribution in [3.63, 3.8) is 0 Å². The van der Waals surface area contributed by atoms with E-state index in [9.17, 15) is 23.6 Å². The number of hydrazine groups is 1. The van der Waals surface area contributed by atoms with Crippen LogP contribution in [-0.4, -0.2) is 75.4 Å². The molecule has 2 aliphatic rings. The van der Waals surface area contributed by atoms with Crippen molar-refractivity contribution in [2.24, 2.45) is 0 Å². The molecule has 55 heavy (non-hydrogen) atoms. The number of hydrogen-bond donors (Lipinski definition) is 2. The maximum Gasteiger partial charge on any atom is 0.332 e. The summed E-state index contributed by atoms with van der Waals surface area (Å²) in [5.74, 6) is -0.847. The van der Waals surface area contributed by atoms with Crippen molar-refractivity contribution in [2.45, 2.75) is 57.9 Å². The predicted octanol–water partition coefficient (Wildman–Crippen LogP) is 6.51. The Labute approximate surface area is 320 Å². The summed E-state index contributed by atoms with van der Waals surface area (Å²) >= 11 is 0. The lowest BCUT2D eigenvalue weighted by atomic mass is 9.98. The SMILES string of the molecule is CCCN(C(=O)NCc1ccc(F)cc1)N1CC(=O)N2[C@@H](Cc3ccc(NC(=O)CCc4ccccc4)cc3)C(=O)N(Cc3cccc4ccccc34)C[C@@H]21. The molecule has 0 bridgehead atoms. The molecule has 2 aliphatic heterocycles. The normalized spacial score (nSPS) is 17.0. The molecule has 0 unspecified atom stereocenters. The van der Waals surface area contributed by atoms with Crippen LogP contribution in [0.5, 0.6) is 0 Å². The fourth-order valence-electron chi connectivity index (χ4n) is 7.53. The first-order valence-corrected chi connectivity index (χ1v) is 18.8. The fourth-order valence-corrected chi connectivity index (χ4v) is 7.53. The zero-order valence-electron chi connectivity index (χ0n) is 30.9. The lowest BCUT2D eigenvalue weighted by molar-refractivity contribution is -0.157. The van der Waals surface area contributed by atoms with E-state index in [-0.39, 0.29) is 55.6 Å². The highest BCUT2D eigenvalue weighted by atomic mass is 19.1. The van der Waals surface area contributed by atoms with E-state index in [0.29, 0.717) is 38.0 Å². The van der Waals surface area contributed by atoms with Gasteiger partial charge in [-0.25, -0.2) is 9.18 Å². The monoisotopic (exact) mass is 740 g/mol. The van der Waals surface area contributed by atoms with Gasteiger partial charge in [0.1, 0.15) is 18.0 Å². The molecule has 0 radical (unpaired) electrons. The number of benzene rings is 5. The van der Waals surface area contributed by atoms with Gasteiger partial charge < -0.3 is 20.4 Å². The smallest absolute Gasteiger partial charge is 0.332 e. The summed E-state index contributed by atoms with van der Waals surface area (Å²) in [7, 11) is 0. The number of nitrogens with zero attached hydrogens (tertiary/aromatic N) is 4. The zero-order valence-corrected chi connectivity index (χ0v) is 30.9. The Morgan fingerprint density at radius 2 is 1.53 bits per heavy atom. The van der Waals surface area contributed by atoms with Gasteiger partial charge in [-0.2, -0.15) is 5.01 Å². The molecule has 2 N–H and O–H groups in total. The standard InChI is InChI=1S/C44H45FN6O4/c1-2-25-49(44(55)46-27-33-15-20-36(45)21-16-33)50-30-42(53)51-39(26-32-17-22-37(23-18-32)47-40(52)24-19-31-9-4-3-5-10-31)43(54)48(29-41(50)51)28-35-13-8-12-34-11-6-7-14-38(34)35/h3-18,20-23,39,41H,2,19,24-30H2,1H3,(H,46,55)(H,47,52)/t39-,41+/m0/s1. The van der Waals surface area contributed by atoms with Crippen molar-refractivity contribution < 1.29 is 23.6 Å². The second-order valence-electron chi connectivity index (χ2n) is 14.1. The van der Waals surface area contributed by atoms with Crippen LogP contribution < -0.4 is 10.6 Å². The molecular formula is C44H45FN6O4. The van der Waals surface area contributed by atoms with Crippen LogP contribution in [0.2, 0.25) is 0 Å². The Bertz CT molecular complexity index is 2140. The third-order valence-electron chi connectivity index (χ3n) is 10.3. The van der Waals surface area contributed by atoms with Gasteiger partial charge in [-0.05, 0) is 70.1 Å². The first kappa shape index (κ1) is 37.3. The van der Waals surface area contributed by atoms with E-state index < -0.39 is 12.2 Å². The van der Waals surface area contributed by atoms with Crippen molar-refractivity contribution in [2.75, 3.05) is 25.0 Å². The van der Waals surface area contributed by atoms with Gasteiger partial charge in [0.15, 0.2) is 0 Å². The van der Waals surface area contributed by atoms with Crippen molar-refractivity contribution in [1.82, 2.24) is 25.1 Å². The maximum absolute atomic E-state index is 14.5. The van der Waals surface area contributed by atoms with Gasteiger partial charge in [0.25, 0.3) is 0 Å². The van der Waals surface area contributed by atoms with Gasteiger partial charge in [-0.3, -0.25) is 19.4 Å². The molecule has 7 rings (SSSR count). The van der Waals surface area contributed by atoms with Gasteiger partial charge >= 0.3 is 6.03 Å². The molecule has 10 nitrogen and oxygen atoms in total. The minimum absolute atomic E-state index is 0.0610. The van der Waals surface area contributed by atoms with Crippen LogP contribution in [0.4, 0.5) is 14.9 Å². The summed E-state index contributed by atoms with van der Waals surface area (Å²) < 4.78 is 13.5. The second kappa shape index (κ2) is 16.9. The average Bonchev–Trinajstić information content (AvgIpc) is 3.53. The van der Waals surface area contributed by atoms with Crippen LogP contribution >= 0.6 is 0 Å². The third-order valence-corrected chi connectivity index (χ3v) is 10.3. The first-order chi connectivity index (χ1) is 26.8. The number of hydrogen-bond acceptors (Lipinski definition) is 5. The molecule has 11 heteroatoms. The van der Waals surface area contributed by atoms with E-state index in [1.165, 1.54) is 12.1 Å². The summed E-state index contributed by atoms with van der Waals surface area (Å²) in [6.45, 7) is 2.99. The molecular weight excluding hydrogens is 696 g/mol. The largest absolute Gasteiger partial charge is 0.333 e. The lowest BCUT2D eigenvalue weighted by Crippen LogP contribution is -2.66. The summed E-state index contributed by atoms with van der Waals surface area (Å²) in [6.07, 6.45) is 1.30. The highest BCUT2D eigenvalue weighted by Gasteiger charge is 2.52. The van der Waals surface area contributed by atoms with Crippen molar-refractivity contribution in [3.05, 3.63) is 149 Å². The van der Waals surface area contributed by atoms with Crippen molar-refractivity contribution in [1.29, 1.82) is 0 Å². The molecule has 2 heterocycles. The Morgan fingerprint density at radius 3 is 2.29 bits per heavy atom. The van der Waals surface area contributed by atoms with Crippen LogP contribution in [-0.2, 0) is 40.3 Å². The number of aryl methyl sites for hydroxylation is 1. The number of fused-ring (bicyclic) bond motifs is 2. The molecule has 2 saturated heterocycles. The quantitative estimate of drug-likeness (QED) is 0.143. The number of anilines is 1. The van der Waals surface area contributed by atoms with Crippen LogP contribution in [0.15, 0.2) is 121 Å². The average molecular weight is 741 g/mol. The van der Waals surface area contributed by atoms with Crippen LogP contribution in [0.25, 0.3) is 10.8 Å². The number of amides is 5. The number of piperazine rings is 1.